The van der Waals surface area contributed by atoms with Crippen LogP contribution in [0.5, 0.6) is 0 Å². The van der Waals surface area contributed by atoms with Gasteiger partial charge in [0.1, 0.15) is 5.41 Å². The molecule has 0 radical (unpaired) electrons. The standard InChI is InChI=1S/C10H20O5Si.C4H8OSi/c1-9(2)10(11)15-7-6-8-16(12-3,13-4)14-5;1-3(2)4(5)6/h1,6-8H2,2-5H3;1H2,2,6H3. The predicted molar refractivity (Wildman–Crippen MR) is 91.7 cm³/mol. The van der Waals surface area contributed by atoms with Crippen molar-refractivity contribution >= 4 is 30.4 Å². The molecule has 22 heavy (non-hydrogen) atoms. The SMILES string of the molecule is C=C(C)C(=O)OCCC[Si](OC)(OC)OC.C=C(C)C(=O)[SiH3]. The van der Waals surface area contributed by atoms with Crippen molar-refractivity contribution in [3.63, 3.8) is 0 Å². The highest BCUT2D eigenvalue weighted by Gasteiger charge is 2.36. The number of allylic oxidation sites excluding steroid dienone is 1. The Bertz CT molecular complexity index is 371. The minimum absolute atomic E-state index is 0.204. The summed E-state index contributed by atoms with van der Waals surface area (Å²) in [6.07, 6.45) is 0.640. The van der Waals surface area contributed by atoms with E-state index in [0.717, 1.165) is 0 Å². The number of carbonyl (C=O) groups excluding carboxylic acids is 2. The first-order valence-corrected chi connectivity index (χ1v) is 9.73. The first kappa shape index (κ1) is 23.2. The van der Waals surface area contributed by atoms with Crippen molar-refractivity contribution < 1.29 is 27.6 Å². The van der Waals surface area contributed by atoms with E-state index in [1.165, 1.54) is 0 Å². The summed E-state index contributed by atoms with van der Waals surface area (Å²) in [7, 11) is 2.75. The van der Waals surface area contributed by atoms with Gasteiger partial charge in [-0.05, 0) is 25.8 Å². The van der Waals surface area contributed by atoms with Crippen molar-refractivity contribution in [2.24, 2.45) is 0 Å². The molecular formula is C14H28O6Si2. The van der Waals surface area contributed by atoms with E-state index in [1.54, 1.807) is 35.2 Å². The van der Waals surface area contributed by atoms with Gasteiger partial charge in [0.25, 0.3) is 0 Å². The first-order valence-electron chi connectivity index (χ1n) is 6.80. The van der Waals surface area contributed by atoms with Crippen molar-refractivity contribution in [3.05, 3.63) is 24.3 Å². The number of hydrogen-bond acceptors (Lipinski definition) is 6. The second-order valence-corrected chi connectivity index (χ2v) is 8.65. The zero-order valence-corrected chi connectivity index (χ0v) is 17.5. The summed E-state index contributed by atoms with van der Waals surface area (Å²) in [4.78, 5) is 21.2. The zero-order valence-electron chi connectivity index (χ0n) is 14.5. The molecule has 0 fully saturated rings. The lowest BCUT2D eigenvalue weighted by Gasteiger charge is -2.24. The van der Waals surface area contributed by atoms with Gasteiger partial charge >= 0.3 is 14.8 Å². The van der Waals surface area contributed by atoms with Crippen molar-refractivity contribution in [2.75, 3.05) is 27.9 Å². The summed E-state index contributed by atoms with van der Waals surface area (Å²) in [5.41, 5.74) is 1.08. The summed E-state index contributed by atoms with van der Waals surface area (Å²) >= 11 is 0. The van der Waals surface area contributed by atoms with Crippen LogP contribution in [0.2, 0.25) is 6.04 Å². The van der Waals surface area contributed by atoms with Crippen LogP contribution in [0.25, 0.3) is 0 Å². The molecule has 0 spiro atoms. The summed E-state index contributed by atoms with van der Waals surface area (Å²) < 4.78 is 20.6. The molecule has 0 N–H and O–H groups in total. The van der Waals surface area contributed by atoms with Gasteiger partial charge in [-0.3, -0.25) is 0 Å². The summed E-state index contributed by atoms with van der Waals surface area (Å²) in [5.74, 6) is -0.375. The molecule has 0 unspecified atom stereocenters. The molecule has 0 bridgehead atoms. The Hall–Kier alpha value is -1.07. The van der Waals surface area contributed by atoms with Gasteiger partial charge in [-0.2, -0.15) is 0 Å². The lowest BCUT2D eigenvalue weighted by atomic mass is 10.4. The Balaban J connectivity index is 0. The second kappa shape index (κ2) is 12.5. The number of carbonyl (C=O) groups is 2. The van der Waals surface area contributed by atoms with Crippen LogP contribution in [0.4, 0.5) is 0 Å². The van der Waals surface area contributed by atoms with Gasteiger partial charge in [0.15, 0.2) is 0 Å². The molecule has 0 aromatic heterocycles. The molecule has 0 atom stereocenters. The van der Waals surface area contributed by atoms with Gasteiger partial charge in [-0.1, -0.05) is 13.2 Å². The fraction of sp³-hybridized carbons (Fsp3) is 0.571. The van der Waals surface area contributed by atoms with Crippen molar-refractivity contribution in [1.82, 2.24) is 0 Å². The van der Waals surface area contributed by atoms with Gasteiger partial charge in [0, 0.05) is 32.9 Å². The number of esters is 1. The van der Waals surface area contributed by atoms with E-state index in [4.69, 9.17) is 18.0 Å². The lowest BCUT2D eigenvalue weighted by molar-refractivity contribution is -0.139. The molecule has 128 valence electrons. The molecule has 0 heterocycles. The third-order valence-electron chi connectivity index (χ3n) is 2.74. The fourth-order valence-corrected chi connectivity index (χ4v) is 2.82. The number of ether oxygens (including phenoxy) is 1. The third kappa shape index (κ3) is 10.6. The van der Waals surface area contributed by atoms with E-state index in [1.807, 2.05) is 0 Å². The van der Waals surface area contributed by atoms with Crippen LogP contribution in [0.15, 0.2) is 24.3 Å². The predicted octanol–water partition coefficient (Wildman–Crippen LogP) is 0.828. The summed E-state index contributed by atoms with van der Waals surface area (Å²) in [5, 5.41) is 0.204. The zero-order chi connectivity index (χ0) is 17.8. The first-order chi connectivity index (χ1) is 10.2. The molecule has 8 heteroatoms. The maximum absolute atomic E-state index is 11.1. The number of rotatable bonds is 9. The molecule has 0 rings (SSSR count). The third-order valence-corrected chi connectivity index (χ3v) is 6.43. The number of hydrogen-bond donors (Lipinski definition) is 0. The van der Waals surface area contributed by atoms with Gasteiger partial charge in [0.05, 0.1) is 16.8 Å². The molecule has 0 amide bonds. The molecule has 0 aliphatic rings. The summed E-state index contributed by atoms with van der Waals surface area (Å²) in [6, 6.07) is 0.611. The highest BCUT2D eigenvalue weighted by Crippen LogP contribution is 2.14. The quantitative estimate of drug-likeness (QED) is 0.266. The molecule has 6 nitrogen and oxygen atoms in total. The Morgan fingerprint density at radius 1 is 1.00 bits per heavy atom. The smallest absolute Gasteiger partial charge is 0.462 e. The molecule has 0 aromatic rings. The average Bonchev–Trinajstić information content (AvgIpc) is 2.48. The topological polar surface area (TPSA) is 71.1 Å². The molecule has 0 saturated heterocycles. The van der Waals surface area contributed by atoms with Crippen molar-refractivity contribution in [3.8, 4) is 0 Å². The molecule has 0 aromatic carbocycles. The highest BCUT2D eigenvalue weighted by molar-refractivity contribution is 6.62. The summed E-state index contributed by atoms with van der Waals surface area (Å²) in [6.45, 7) is 10.6. The van der Waals surface area contributed by atoms with E-state index >= 15 is 0 Å². The van der Waals surface area contributed by atoms with E-state index in [0.29, 0.717) is 40.5 Å². The minimum atomic E-state index is -2.53. The van der Waals surface area contributed by atoms with Crippen molar-refractivity contribution in [1.29, 1.82) is 0 Å². The van der Waals surface area contributed by atoms with Crippen LogP contribution in [-0.4, -0.2) is 58.4 Å². The highest BCUT2D eigenvalue weighted by atomic mass is 28.4. The minimum Gasteiger partial charge on any atom is -0.462 e. The Kier molecular flexibility index (Phi) is 13.2. The fourth-order valence-electron chi connectivity index (χ4n) is 1.13. The van der Waals surface area contributed by atoms with Crippen LogP contribution in [0.1, 0.15) is 20.3 Å². The van der Waals surface area contributed by atoms with Crippen molar-refractivity contribution in [2.45, 2.75) is 26.3 Å². The molecule has 0 aliphatic heterocycles. The molecule has 0 aliphatic carbocycles. The van der Waals surface area contributed by atoms with Crippen LogP contribution in [0, 0.1) is 0 Å². The van der Waals surface area contributed by atoms with E-state index in [-0.39, 0.29) is 11.4 Å². The normalized spacial score (nSPS) is 10.4. The van der Waals surface area contributed by atoms with Crippen LogP contribution in [-0.2, 0) is 27.6 Å². The van der Waals surface area contributed by atoms with Gasteiger partial charge in [-0.25, -0.2) is 4.79 Å². The second-order valence-electron chi connectivity index (χ2n) is 4.65. The van der Waals surface area contributed by atoms with Gasteiger partial charge in [-0.15, -0.1) is 0 Å². The Labute approximate surface area is 137 Å². The van der Waals surface area contributed by atoms with Gasteiger partial charge in [0.2, 0.25) is 0 Å². The Morgan fingerprint density at radius 3 is 1.68 bits per heavy atom. The average molecular weight is 349 g/mol. The van der Waals surface area contributed by atoms with E-state index < -0.39 is 8.80 Å². The maximum Gasteiger partial charge on any atom is 0.500 e. The van der Waals surface area contributed by atoms with Crippen LogP contribution >= 0.6 is 0 Å². The van der Waals surface area contributed by atoms with E-state index in [2.05, 4.69) is 13.2 Å². The maximum atomic E-state index is 11.1. The van der Waals surface area contributed by atoms with Crippen LogP contribution < -0.4 is 0 Å². The monoisotopic (exact) mass is 348 g/mol. The van der Waals surface area contributed by atoms with Gasteiger partial charge < -0.3 is 22.8 Å². The molecule has 0 saturated carbocycles. The van der Waals surface area contributed by atoms with Crippen LogP contribution in [0.3, 0.4) is 0 Å². The largest absolute Gasteiger partial charge is 0.500 e. The lowest BCUT2D eigenvalue weighted by Crippen LogP contribution is -2.42. The molecular weight excluding hydrogens is 320 g/mol. The Morgan fingerprint density at radius 2 is 1.41 bits per heavy atom. The van der Waals surface area contributed by atoms with E-state index in [9.17, 15) is 9.59 Å².